The Hall–Kier alpha value is -2.07. The molecule has 0 aliphatic heterocycles. The topological polar surface area (TPSA) is 50.9 Å². The maximum Gasteiger partial charge on any atom is 0.179 e. The minimum atomic E-state index is 0.321. The number of nitrogens with zero attached hydrogens (tertiary/aromatic N) is 3. The lowest BCUT2D eigenvalue weighted by Crippen LogP contribution is -1.95. The van der Waals surface area contributed by atoms with Crippen molar-refractivity contribution in [1.82, 2.24) is 14.7 Å². The third kappa shape index (κ3) is 1.85. The molecule has 0 saturated carbocycles. The Bertz CT molecular complexity index is 780. The second-order valence-corrected chi connectivity index (χ2v) is 4.87. The molecule has 0 saturated heterocycles. The van der Waals surface area contributed by atoms with Crippen LogP contribution in [0.25, 0.3) is 22.4 Å². The summed E-state index contributed by atoms with van der Waals surface area (Å²) in [5.41, 5.74) is 4.25. The molecule has 0 radical (unpaired) electrons. The lowest BCUT2D eigenvalue weighted by atomic mass is 10.1. The van der Waals surface area contributed by atoms with E-state index < -0.39 is 0 Å². The van der Waals surface area contributed by atoms with Gasteiger partial charge in [0.2, 0.25) is 0 Å². The Morgan fingerprint density at radius 2 is 1.95 bits per heavy atom. The van der Waals surface area contributed by atoms with E-state index in [0.29, 0.717) is 22.1 Å². The SMILES string of the molecule is Cc1cc2nc(-c3cccnc3Cl)n(O)c2cc1C. The van der Waals surface area contributed by atoms with Crippen LogP contribution in [-0.2, 0) is 0 Å². The van der Waals surface area contributed by atoms with E-state index >= 15 is 0 Å². The molecule has 0 atom stereocenters. The largest absolute Gasteiger partial charge is 0.426 e. The molecule has 2 aromatic heterocycles. The molecule has 0 fully saturated rings. The highest BCUT2D eigenvalue weighted by Gasteiger charge is 2.15. The lowest BCUT2D eigenvalue weighted by Gasteiger charge is -2.02. The first-order valence-electron chi connectivity index (χ1n) is 5.88. The number of rotatable bonds is 1. The van der Waals surface area contributed by atoms with Crippen molar-refractivity contribution in [1.29, 1.82) is 0 Å². The molecule has 1 N–H and O–H groups in total. The zero-order valence-corrected chi connectivity index (χ0v) is 11.3. The first-order chi connectivity index (χ1) is 9.08. The molecule has 0 amide bonds. The zero-order valence-electron chi connectivity index (χ0n) is 10.6. The van der Waals surface area contributed by atoms with Gasteiger partial charge in [-0.05, 0) is 49.2 Å². The fourth-order valence-corrected chi connectivity index (χ4v) is 2.25. The Labute approximate surface area is 115 Å². The third-order valence-electron chi connectivity index (χ3n) is 3.25. The van der Waals surface area contributed by atoms with Crippen LogP contribution in [0.3, 0.4) is 0 Å². The maximum absolute atomic E-state index is 10.3. The summed E-state index contributed by atoms with van der Waals surface area (Å²) < 4.78 is 1.06. The second kappa shape index (κ2) is 4.24. The number of pyridine rings is 1. The number of aromatic nitrogens is 3. The van der Waals surface area contributed by atoms with Crippen molar-refractivity contribution in [2.24, 2.45) is 0 Å². The number of aryl methyl sites for hydroxylation is 2. The van der Waals surface area contributed by atoms with Gasteiger partial charge in [0.25, 0.3) is 0 Å². The molecule has 96 valence electrons. The molecular weight excluding hydrogens is 262 g/mol. The molecule has 5 heteroatoms. The van der Waals surface area contributed by atoms with Gasteiger partial charge in [0.15, 0.2) is 5.82 Å². The predicted molar refractivity (Wildman–Crippen MR) is 74.6 cm³/mol. The van der Waals surface area contributed by atoms with Crippen molar-refractivity contribution in [3.63, 3.8) is 0 Å². The van der Waals surface area contributed by atoms with Crippen LogP contribution in [0.5, 0.6) is 0 Å². The molecule has 3 aromatic rings. The van der Waals surface area contributed by atoms with Gasteiger partial charge in [-0.25, -0.2) is 9.97 Å². The molecule has 0 aliphatic carbocycles. The first-order valence-corrected chi connectivity index (χ1v) is 6.25. The quantitative estimate of drug-likeness (QED) is 0.544. The summed E-state index contributed by atoms with van der Waals surface area (Å²) in [5.74, 6) is 0.401. The van der Waals surface area contributed by atoms with E-state index in [4.69, 9.17) is 11.6 Å². The Balaban J connectivity index is 2.32. The highest BCUT2D eigenvalue weighted by molar-refractivity contribution is 6.32. The Kier molecular flexibility index (Phi) is 2.68. The summed E-state index contributed by atoms with van der Waals surface area (Å²) in [4.78, 5) is 8.44. The molecule has 0 unspecified atom stereocenters. The van der Waals surface area contributed by atoms with Gasteiger partial charge in [0.05, 0.1) is 11.1 Å². The van der Waals surface area contributed by atoms with Crippen LogP contribution in [0.4, 0.5) is 0 Å². The third-order valence-corrected chi connectivity index (χ3v) is 3.55. The minimum absolute atomic E-state index is 0.321. The number of hydrogen-bond acceptors (Lipinski definition) is 3. The second-order valence-electron chi connectivity index (χ2n) is 4.51. The van der Waals surface area contributed by atoms with Gasteiger partial charge in [-0.1, -0.05) is 11.6 Å². The summed E-state index contributed by atoms with van der Waals surface area (Å²) in [6, 6.07) is 7.40. The van der Waals surface area contributed by atoms with Gasteiger partial charge in [-0.2, -0.15) is 4.73 Å². The Morgan fingerprint density at radius 3 is 2.68 bits per heavy atom. The molecule has 19 heavy (non-hydrogen) atoms. The van der Waals surface area contributed by atoms with Gasteiger partial charge in [-0.15, -0.1) is 0 Å². The average molecular weight is 274 g/mol. The van der Waals surface area contributed by atoms with E-state index in [2.05, 4.69) is 9.97 Å². The fraction of sp³-hybridized carbons (Fsp3) is 0.143. The summed E-state index contributed by atoms with van der Waals surface area (Å²) in [7, 11) is 0. The van der Waals surface area contributed by atoms with Crippen molar-refractivity contribution in [3.8, 4) is 11.4 Å². The highest BCUT2D eigenvalue weighted by atomic mass is 35.5. The van der Waals surface area contributed by atoms with Gasteiger partial charge < -0.3 is 5.21 Å². The van der Waals surface area contributed by atoms with Crippen LogP contribution in [0.1, 0.15) is 11.1 Å². The fourth-order valence-electron chi connectivity index (χ4n) is 2.05. The molecule has 2 heterocycles. The summed E-state index contributed by atoms with van der Waals surface area (Å²) >= 11 is 6.05. The van der Waals surface area contributed by atoms with Crippen molar-refractivity contribution in [3.05, 3.63) is 46.7 Å². The molecular formula is C14H12ClN3O. The molecule has 0 spiro atoms. The Morgan fingerprint density at radius 1 is 1.21 bits per heavy atom. The van der Waals surface area contributed by atoms with E-state index in [1.165, 1.54) is 0 Å². The number of imidazole rings is 1. The molecule has 1 aromatic carbocycles. The van der Waals surface area contributed by atoms with Crippen LogP contribution in [0.15, 0.2) is 30.5 Å². The van der Waals surface area contributed by atoms with Crippen LogP contribution in [-0.4, -0.2) is 19.9 Å². The number of halogens is 1. The van der Waals surface area contributed by atoms with E-state index in [0.717, 1.165) is 21.4 Å². The minimum Gasteiger partial charge on any atom is -0.426 e. The summed E-state index contributed by atoms with van der Waals surface area (Å²) in [5, 5.41) is 10.6. The van der Waals surface area contributed by atoms with E-state index in [9.17, 15) is 5.21 Å². The van der Waals surface area contributed by atoms with Crippen molar-refractivity contribution in [2.75, 3.05) is 0 Å². The van der Waals surface area contributed by atoms with E-state index in [1.807, 2.05) is 26.0 Å². The average Bonchev–Trinajstić information content (AvgIpc) is 2.68. The predicted octanol–water partition coefficient (Wildman–Crippen LogP) is 3.61. The van der Waals surface area contributed by atoms with Crippen LogP contribution >= 0.6 is 11.6 Å². The van der Waals surface area contributed by atoms with Gasteiger partial charge in [0.1, 0.15) is 10.7 Å². The van der Waals surface area contributed by atoms with Crippen LogP contribution < -0.4 is 0 Å². The highest BCUT2D eigenvalue weighted by Crippen LogP contribution is 2.28. The lowest BCUT2D eigenvalue weighted by molar-refractivity contribution is 0.203. The van der Waals surface area contributed by atoms with E-state index in [1.54, 1.807) is 18.3 Å². The van der Waals surface area contributed by atoms with Crippen LogP contribution in [0, 0.1) is 13.8 Å². The smallest absolute Gasteiger partial charge is 0.179 e. The van der Waals surface area contributed by atoms with Gasteiger partial charge in [-0.3, -0.25) is 0 Å². The zero-order chi connectivity index (χ0) is 13.6. The van der Waals surface area contributed by atoms with Crippen molar-refractivity contribution < 1.29 is 5.21 Å². The summed E-state index contributed by atoms with van der Waals surface area (Å²) in [6.45, 7) is 4.01. The maximum atomic E-state index is 10.3. The van der Waals surface area contributed by atoms with Gasteiger partial charge >= 0.3 is 0 Å². The first kappa shape index (κ1) is 12.0. The molecule has 3 rings (SSSR count). The van der Waals surface area contributed by atoms with E-state index in [-0.39, 0.29) is 0 Å². The van der Waals surface area contributed by atoms with Crippen LogP contribution in [0.2, 0.25) is 5.15 Å². The monoisotopic (exact) mass is 273 g/mol. The molecule has 0 aliphatic rings. The molecule has 4 nitrogen and oxygen atoms in total. The van der Waals surface area contributed by atoms with Gasteiger partial charge in [0, 0.05) is 6.20 Å². The van der Waals surface area contributed by atoms with Crippen molar-refractivity contribution >= 4 is 22.6 Å². The number of benzene rings is 1. The number of fused-ring (bicyclic) bond motifs is 1. The van der Waals surface area contributed by atoms with Crippen molar-refractivity contribution in [2.45, 2.75) is 13.8 Å². The summed E-state index contributed by atoms with van der Waals surface area (Å²) in [6.07, 6.45) is 1.60. The molecule has 0 bridgehead atoms. The standard InChI is InChI=1S/C14H12ClN3O/c1-8-6-11-12(7-9(8)2)18(19)14(17-11)10-4-3-5-16-13(10)15/h3-7,19H,1-2H3. The normalized spacial score (nSPS) is 11.1. The number of hydrogen-bond donors (Lipinski definition) is 1.